The van der Waals surface area contributed by atoms with Crippen LogP contribution in [-0.2, 0) is 37.3 Å². The molecule has 1 saturated heterocycles. The summed E-state index contributed by atoms with van der Waals surface area (Å²) in [6.07, 6.45) is -1.36. The van der Waals surface area contributed by atoms with Crippen LogP contribution in [0.5, 0.6) is 0 Å². The van der Waals surface area contributed by atoms with Crippen molar-refractivity contribution in [3.8, 4) is 0 Å². The molecule has 0 saturated carbocycles. The second kappa shape index (κ2) is 17.5. The average Bonchev–Trinajstić information content (AvgIpc) is 3.18. The summed E-state index contributed by atoms with van der Waals surface area (Å²) in [5, 5.41) is 21.8. The fourth-order valence-electron chi connectivity index (χ4n) is 6.18. The molecule has 10 nitrogen and oxygen atoms in total. The van der Waals surface area contributed by atoms with Gasteiger partial charge < -0.3 is 25.0 Å². The highest BCUT2D eigenvalue weighted by atomic mass is 32.2. The van der Waals surface area contributed by atoms with Gasteiger partial charge in [-0.25, -0.2) is 13.2 Å². The second-order valence-electron chi connectivity index (χ2n) is 13.3. The van der Waals surface area contributed by atoms with Crippen molar-refractivity contribution < 1.29 is 37.7 Å². The number of sulfonamides is 1. The summed E-state index contributed by atoms with van der Waals surface area (Å²) in [6.45, 7) is 3.85. The van der Waals surface area contributed by atoms with Gasteiger partial charge in [-0.1, -0.05) is 91.3 Å². The Balaban J connectivity index is 1.23. The number of anilines is 1. The molecule has 6 rings (SSSR count). The zero-order chi connectivity index (χ0) is 38.2. The van der Waals surface area contributed by atoms with Gasteiger partial charge in [0.1, 0.15) is 6.04 Å². The number of aromatic carboxylic acids is 1. The van der Waals surface area contributed by atoms with Crippen molar-refractivity contribution in [1.82, 2.24) is 4.72 Å². The smallest absolute Gasteiger partial charge is 0.335 e. The quantitative estimate of drug-likeness (QED) is 0.0854. The Morgan fingerprint density at radius 1 is 0.815 bits per heavy atom. The van der Waals surface area contributed by atoms with E-state index in [9.17, 15) is 28.2 Å². The van der Waals surface area contributed by atoms with Crippen LogP contribution in [0.4, 0.5) is 5.69 Å². The first-order valence-corrected chi connectivity index (χ1v) is 20.0. The largest absolute Gasteiger partial charge is 0.478 e. The summed E-state index contributed by atoms with van der Waals surface area (Å²) in [5.41, 5.74) is 4.70. The van der Waals surface area contributed by atoms with E-state index < -0.39 is 34.2 Å². The molecule has 1 aliphatic rings. The lowest BCUT2D eigenvalue weighted by Gasteiger charge is -2.41. The van der Waals surface area contributed by atoms with Gasteiger partial charge in [0.15, 0.2) is 6.29 Å². The Morgan fingerprint density at radius 3 is 2.19 bits per heavy atom. The van der Waals surface area contributed by atoms with E-state index in [1.54, 1.807) is 66.4 Å². The molecule has 12 heteroatoms. The Hall–Kier alpha value is -4.82. The molecule has 5 atom stereocenters. The van der Waals surface area contributed by atoms with Gasteiger partial charge in [0, 0.05) is 27.8 Å². The van der Waals surface area contributed by atoms with Crippen molar-refractivity contribution in [2.75, 3.05) is 11.1 Å². The average molecular weight is 767 g/mol. The molecule has 1 fully saturated rings. The lowest BCUT2D eigenvalue weighted by Crippen LogP contribution is -2.45. The minimum absolute atomic E-state index is 0.0623. The van der Waals surface area contributed by atoms with Crippen LogP contribution in [0.25, 0.3) is 0 Å². The number of thioether (sulfide) groups is 1. The summed E-state index contributed by atoms with van der Waals surface area (Å²) >= 11 is 1.55. The maximum atomic E-state index is 13.9. The fourth-order valence-corrected chi connectivity index (χ4v) is 8.45. The van der Waals surface area contributed by atoms with Crippen molar-refractivity contribution in [3.05, 3.63) is 161 Å². The molecule has 0 unspecified atom stereocenters. The number of benzene rings is 5. The third kappa shape index (κ3) is 9.83. The first kappa shape index (κ1) is 38.9. The highest BCUT2D eigenvalue weighted by Gasteiger charge is 2.38. The fraction of sp³-hybridized carbons (Fsp3) is 0.238. The predicted molar refractivity (Wildman–Crippen MR) is 208 cm³/mol. The molecule has 54 heavy (non-hydrogen) atoms. The molecular weight excluding hydrogens is 725 g/mol. The zero-order valence-corrected chi connectivity index (χ0v) is 31.4. The van der Waals surface area contributed by atoms with Gasteiger partial charge >= 0.3 is 5.97 Å². The Kier molecular flexibility index (Phi) is 12.6. The standard InChI is InChI=1S/C42H42N2O8S2/c1-27-11-21-36(22-12-27)54(49,50)44-37(23-29-7-4-3-5-8-29)40(46)43-34-10-6-9-33(24-34)42-51-38(26-53-35-19-17-32(18-20-35)41(47)48)28(2)39(52-42)31-15-13-30(25-45)14-16-31/h3-22,24,28,37-39,42,44-45H,23,25-26H2,1-2H3,(H,43,46)(H,47,48)/t28-,37+,38+,39+,42+/m0/s1. The maximum absolute atomic E-state index is 13.9. The van der Waals surface area contributed by atoms with Crippen LogP contribution >= 0.6 is 11.8 Å². The Bertz CT molecular complexity index is 2150. The van der Waals surface area contributed by atoms with Crippen molar-refractivity contribution >= 4 is 39.3 Å². The second-order valence-corrected chi connectivity index (χ2v) is 16.1. The van der Waals surface area contributed by atoms with Crippen molar-refractivity contribution in [3.63, 3.8) is 0 Å². The molecule has 1 aliphatic heterocycles. The molecular formula is C42H42N2O8S2. The molecule has 1 heterocycles. The van der Waals surface area contributed by atoms with Crippen LogP contribution in [0.3, 0.4) is 0 Å². The third-order valence-corrected chi connectivity index (χ3v) is 11.9. The third-order valence-electron chi connectivity index (χ3n) is 9.29. The molecule has 0 aliphatic carbocycles. The molecule has 1 amide bonds. The van der Waals surface area contributed by atoms with Crippen LogP contribution in [0.1, 0.15) is 57.5 Å². The van der Waals surface area contributed by atoms with E-state index in [1.807, 2.05) is 67.6 Å². The molecule has 0 spiro atoms. The first-order chi connectivity index (χ1) is 26.0. The van der Waals surface area contributed by atoms with Gasteiger partial charge in [-0.2, -0.15) is 4.72 Å². The molecule has 5 aromatic carbocycles. The molecule has 5 aromatic rings. The van der Waals surface area contributed by atoms with Crippen molar-refractivity contribution in [2.45, 2.75) is 61.2 Å². The van der Waals surface area contributed by atoms with Gasteiger partial charge in [0.25, 0.3) is 0 Å². The minimum atomic E-state index is -4.03. The number of amides is 1. The van der Waals surface area contributed by atoms with E-state index in [0.29, 0.717) is 17.0 Å². The highest BCUT2D eigenvalue weighted by Crippen LogP contribution is 2.43. The van der Waals surface area contributed by atoms with Crippen LogP contribution in [0.2, 0.25) is 0 Å². The number of nitrogens with one attached hydrogen (secondary N) is 2. The number of carbonyl (C=O) groups excluding carboxylic acids is 1. The molecule has 4 N–H and O–H groups in total. The van der Waals surface area contributed by atoms with Crippen LogP contribution < -0.4 is 10.0 Å². The number of rotatable bonds is 14. The summed E-state index contributed by atoms with van der Waals surface area (Å²) in [6, 6.07) is 35.9. The SMILES string of the molecule is Cc1ccc(S(=O)(=O)N[C@H](Cc2ccccc2)C(=O)Nc2cccc([C@@H]3O[C@H](CSc4ccc(C(=O)O)cc4)[C@H](C)[C@H](c4ccc(CO)cc4)O3)c2)cc1. The van der Waals surface area contributed by atoms with E-state index in [0.717, 1.165) is 27.1 Å². The number of ether oxygens (including phenoxy) is 2. The summed E-state index contributed by atoms with van der Waals surface area (Å²) < 4.78 is 42.7. The minimum Gasteiger partial charge on any atom is -0.478 e. The lowest BCUT2D eigenvalue weighted by molar-refractivity contribution is -0.268. The molecule has 280 valence electrons. The molecule has 0 bridgehead atoms. The number of carboxylic acids is 1. The number of aliphatic hydroxyl groups is 1. The van der Waals surface area contributed by atoms with Gasteiger partial charge in [0.05, 0.1) is 29.3 Å². The summed E-state index contributed by atoms with van der Waals surface area (Å²) in [5.74, 6) is -1.05. The van der Waals surface area contributed by atoms with Gasteiger partial charge in [-0.15, -0.1) is 11.8 Å². The van der Waals surface area contributed by atoms with Gasteiger partial charge in [-0.3, -0.25) is 4.79 Å². The summed E-state index contributed by atoms with van der Waals surface area (Å²) in [7, 11) is -4.03. The number of aliphatic hydroxyl groups excluding tert-OH is 1. The topological polar surface area (TPSA) is 151 Å². The number of hydrogen-bond donors (Lipinski definition) is 4. The number of carbonyl (C=O) groups is 2. The van der Waals surface area contributed by atoms with E-state index >= 15 is 0 Å². The van der Waals surface area contributed by atoms with Crippen LogP contribution in [0.15, 0.2) is 137 Å². The molecule has 0 radical (unpaired) electrons. The van der Waals surface area contributed by atoms with E-state index in [-0.39, 0.29) is 41.6 Å². The first-order valence-electron chi connectivity index (χ1n) is 17.5. The Morgan fingerprint density at radius 2 is 1.52 bits per heavy atom. The number of hydrogen-bond acceptors (Lipinski definition) is 8. The summed E-state index contributed by atoms with van der Waals surface area (Å²) in [4.78, 5) is 26.2. The van der Waals surface area contributed by atoms with Gasteiger partial charge in [0.2, 0.25) is 15.9 Å². The normalized spacial score (nSPS) is 19.2. The Labute approximate surface area is 319 Å². The van der Waals surface area contributed by atoms with E-state index in [2.05, 4.69) is 17.0 Å². The molecule has 0 aromatic heterocycles. The highest BCUT2D eigenvalue weighted by molar-refractivity contribution is 7.99. The van der Waals surface area contributed by atoms with E-state index in [4.69, 9.17) is 9.47 Å². The van der Waals surface area contributed by atoms with E-state index in [1.165, 1.54) is 12.1 Å². The van der Waals surface area contributed by atoms with Crippen LogP contribution in [0, 0.1) is 12.8 Å². The van der Waals surface area contributed by atoms with Gasteiger partial charge in [-0.05, 0) is 78.6 Å². The van der Waals surface area contributed by atoms with Crippen molar-refractivity contribution in [1.29, 1.82) is 0 Å². The monoisotopic (exact) mass is 766 g/mol. The zero-order valence-electron chi connectivity index (χ0n) is 29.8. The predicted octanol–water partition coefficient (Wildman–Crippen LogP) is 7.30. The number of aryl methyl sites for hydroxylation is 1. The maximum Gasteiger partial charge on any atom is 0.335 e. The number of carboxylic acid groups (broad SMARTS) is 1. The van der Waals surface area contributed by atoms with Crippen molar-refractivity contribution in [2.24, 2.45) is 5.92 Å². The lowest BCUT2D eigenvalue weighted by atomic mass is 9.91. The van der Waals surface area contributed by atoms with Crippen LogP contribution in [-0.4, -0.2) is 48.4 Å².